The molecular weight excluding hydrogens is 511 g/mol. The number of hydrogen-bond acceptors (Lipinski definition) is 6. The van der Waals surface area contributed by atoms with Gasteiger partial charge in [0.15, 0.2) is 17.2 Å². The highest BCUT2D eigenvalue weighted by molar-refractivity contribution is 6.30. The summed E-state index contributed by atoms with van der Waals surface area (Å²) in [5, 5.41) is 8.31. The van der Waals surface area contributed by atoms with Crippen molar-refractivity contribution >= 4 is 40.3 Å². The summed E-state index contributed by atoms with van der Waals surface area (Å²) in [6.07, 6.45) is 1.52. The second kappa shape index (κ2) is 8.90. The second-order valence-corrected chi connectivity index (χ2v) is 11.3. The smallest absolute Gasteiger partial charge is 0.290 e. The Morgan fingerprint density at radius 3 is 2.53 bits per heavy atom. The Morgan fingerprint density at radius 2 is 1.89 bits per heavy atom. The number of carbonyl (C=O) groups excluding carboxylic acids is 2. The molecule has 1 fully saturated rings. The first kappa shape index (κ1) is 25.8. The third-order valence-corrected chi connectivity index (χ3v) is 7.12. The summed E-state index contributed by atoms with van der Waals surface area (Å²) < 4.78 is 20.3. The van der Waals surface area contributed by atoms with Gasteiger partial charge in [-0.1, -0.05) is 38.4 Å². The summed E-state index contributed by atoms with van der Waals surface area (Å²) in [7, 11) is 1.68. The first-order valence-electron chi connectivity index (χ1n) is 12.2. The molecule has 1 saturated heterocycles. The molecule has 0 unspecified atom stereocenters. The Balaban J connectivity index is 1.53. The van der Waals surface area contributed by atoms with Crippen LogP contribution in [0.4, 0.5) is 10.2 Å². The van der Waals surface area contributed by atoms with E-state index in [1.807, 2.05) is 26.8 Å². The number of hydrogen-bond donors (Lipinski definition) is 0. The average molecular weight is 539 g/mol. The summed E-state index contributed by atoms with van der Waals surface area (Å²) in [6, 6.07) is 7.94. The number of pyridine rings is 1. The lowest BCUT2D eigenvalue weighted by Gasteiger charge is -2.44. The number of rotatable bonds is 3. The van der Waals surface area contributed by atoms with E-state index in [1.165, 1.54) is 32.9 Å². The van der Waals surface area contributed by atoms with Gasteiger partial charge in [-0.25, -0.2) is 9.37 Å². The quantitative estimate of drug-likeness (QED) is 0.365. The molecule has 4 aromatic rings. The van der Waals surface area contributed by atoms with Gasteiger partial charge in [0.05, 0.1) is 16.9 Å². The van der Waals surface area contributed by atoms with E-state index in [1.54, 1.807) is 33.0 Å². The van der Waals surface area contributed by atoms with Gasteiger partial charge in [0.2, 0.25) is 0 Å². The number of halogens is 2. The Morgan fingerprint density at radius 1 is 1.16 bits per heavy atom. The molecule has 0 aliphatic carbocycles. The van der Waals surface area contributed by atoms with Crippen LogP contribution < -0.4 is 4.90 Å². The number of fused-ring (bicyclic) bond motifs is 1. The topological polar surface area (TPSA) is 97.4 Å². The van der Waals surface area contributed by atoms with Crippen LogP contribution in [-0.4, -0.2) is 55.3 Å². The molecule has 198 valence electrons. The van der Waals surface area contributed by atoms with Crippen molar-refractivity contribution in [1.29, 1.82) is 0 Å². The van der Waals surface area contributed by atoms with E-state index < -0.39 is 17.3 Å². The van der Waals surface area contributed by atoms with Gasteiger partial charge in [-0.3, -0.25) is 14.5 Å². The summed E-state index contributed by atoms with van der Waals surface area (Å²) in [5.41, 5.74) is 1.32. The highest BCUT2D eigenvalue weighted by Gasteiger charge is 2.46. The molecule has 11 heteroatoms. The molecule has 0 bridgehead atoms. The lowest BCUT2D eigenvalue weighted by molar-refractivity contribution is -0.129. The molecule has 4 heterocycles. The third-order valence-electron chi connectivity index (χ3n) is 6.81. The molecule has 3 aromatic heterocycles. The van der Waals surface area contributed by atoms with Crippen LogP contribution in [0.1, 0.15) is 50.7 Å². The summed E-state index contributed by atoms with van der Waals surface area (Å²) in [6.45, 7) is 10.0. The minimum atomic E-state index is -1.15. The zero-order chi connectivity index (χ0) is 27.6. The molecule has 0 N–H and O–H groups in total. The van der Waals surface area contributed by atoms with Gasteiger partial charge < -0.3 is 9.32 Å². The number of piperazine rings is 1. The zero-order valence-electron chi connectivity index (χ0n) is 22.0. The van der Waals surface area contributed by atoms with Crippen LogP contribution >= 0.6 is 11.6 Å². The van der Waals surface area contributed by atoms with Gasteiger partial charge in [0.25, 0.3) is 11.8 Å². The van der Waals surface area contributed by atoms with Gasteiger partial charge in [-0.2, -0.15) is 9.90 Å². The number of aromatic nitrogens is 4. The van der Waals surface area contributed by atoms with Crippen molar-refractivity contribution in [3.63, 3.8) is 0 Å². The number of benzene rings is 1. The molecule has 1 aromatic carbocycles. The van der Waals surface area contributed by atoms with Crippen LogP contribution in [0.15, 0.2) is 40.9 Å². The number of aryl methyl sites for hydroxylation is 1. The summed E-state index contributed by atoms with van der Waals surface area (Å²) in [5.74, 6) is -0.717. The van der Waals surface area contributed by atoms with E-state index in [2.05, 4.69) is 15.2 Å². The van der Waals surface area contributed by atoms with Crippen LogP contribution in [0.25, 0.3) is 22.4 Å². The van der Waals surface area contributed by atoms with Crippen molar-refractivity contribution in [1.82, 2.24) is 24.9 Å². The molecule has 0 atom stereocenters. The lowest BCUT2D eigenvalue weighted by atomic mass is 9.86. The molecule has 5 rings (SSSR count). The predicted molar refractivity (Wildman–Crippen MR) is 142 cm³/mol. The minimum Gasteiger partial charge on any atom is -0.449 e. The lowest BCUT2D eigenvalue weighted by Crippen LogP contribution is -2.64. The first-order valence-corrected chi connectivity index (χ1v) is 12.6. The van der Waals surface area contributed by atoms with Crippen LogP contribution in [0.5, 0.6) is 0 Å². The predicted octanol–water partition coefficient (Wildman–Crippen LogP) is 4.98. The van der Waals surface area contributed by atoms with Crippen molar-refractivity contribution in [3.05, 3.63) is 58.7 Å². The van der Waals surface area contributed by atoms with Crippen LogP contribution in [0.3, 0.4) is 0 Å². The number of carbonyl (C=O) groups is 2. The van der Waals surface area contributed by atoms with Gasteiger partial charge in [0, 0.05) is 37.3 Å². The maximum Gasteiger partial charge on any atom is 0.290 e. The maximum atomic E-state index is 14.2. The number of amides is 2. The van der Waals surface area contributed by atoms with Crippen molar-refractivity contribution in [2.45, 2.75) is 45.6 Å². The van der Waals surface area contributed by atoms with E-state index in [0.717, 1.165) is 5.56 Å². The molecule has 0 spiro atoms. The van der Waals surface area contributed by atoms with Gasteiger partial charge in [-0.15, -0.1) is 5.10 Å². The molecule has 9 nitrogen and oxygen atoms in total. The van der Waals surface area contributed by atoms with Crippen molar-refractivity contribution in [2.75, 3.05) is 18.0 Å². The SMILES string of the molecule is Cn1ncc(N2CCN(C(=O)c3cc4nc(-c5ccc(Cl)c(F)c5)cc(C(C)(C)C)c4o3)C(C)(C)C2=O)n1. The highest BCUT2D eigenvalue weighted by Crippen LogP contribution is 2.36. The Hall–Kier alpha value is -3.79. The summed E-state index contributed by atoms with van der Waals surface area (Å²) in [4.78, 5) is 36.2. The molecule has 2 amide bonds. The van der Waals surface area contributed by atoms with Crippen LogP contribution in [0.2, 0.25) is 5.02 Å². The fourth-order valence-electron chi connectivity index (χ4n) is 4.68. The summed E-state index contributed by atoms with van der Waals surface area (Å²) >= 11 is 5.87. The monoisotopic (exact) mass is 538 g/mol. The molecule has 0 radical (unpaired) electrons. The maximum absolute atomic E-state index is 14.2. The van der Waals surface area contributed by atoms with Crippen molar-refractivity contribution in [3.8, 4) is 11.3 Å². The van der Waals surface area contributed by atoms with E-state index in [-0.39, 0.29) is 35.2 Å². The largest absolute Gasteiger partial charge is 0.449 e. The Labute approximate surface area is 224 Å². The third kappa shape index (κ3) is 4.32. The number of furan rings is 1. The number of nitrogens with zero attached hydrogens (tertiary/aromatic N) is 6. The Kier molecular flexibility index (Phi) is 6.05. The van der Waals surface area contributed by atoms with Crippen molar-refractivity contribution < 1.29 is 18.4 Å². The Bertz CT molecular complexity index is 1590. The minimum absolute atomic E-state index is 0.0265. The van der Waals surface area contributed by atoms with E-state index >= 15 is 0 Å². The molecule has 1 aliphatic heterocycles. The molecular formula is C27H28ClFN6O3. The van der Waals surface area contributed by atoms with Gasteiger partial charge in [0.1, 0.15) is 16.9 Å². The van der Waals surface area contributed by atoms with Crippen LogP contribution in [0, 0.1) is 5.82 Å². The average Bonchev–Trinajstić information content (AvgIpc) is 3.47. The van der Waals surface area contributed by atoms with Gasteiger partial charge in [-0.05, 0) is 37.5 Å². The van der Waals surface area contributed by atoms with E-state index in [9.17, 15) is 14.0 Å². The zero-order valence-corrected chi connectivity index (χ0v) is 22.8. The van der Waals surface area contributed by atoms with E-state index in [0.29, 0.717) is 28.2 Å². The van der Waals surface area contributed by atoms with E-state index in [4.69, 9.17) is 16.0 Å². The molecule has 0 saturated carbocycles. The van der Waals surface area contributed by atoms with Gasteiger partial charge >= 0.3 is 0 Å². The highest BCUT2D eigenvalue weighted by atomic mass is 35.5. The first-order chi connectivity index (χ1) is 17.8. The van der Waals surface area contributed by atoms with Crippen molar-refractivity contribution in [2.24, 2.45) is 7.05 Å². The normalized spacial score (nSPS) is 15.9. The fourth-order valence-corrected chi connectivity index (χ4v) is 4.80. The second-order valence-electron chi connectivity index (χ2n) is 10.9. The fraction of sp³-hybridized carbons (Fsp3) is 0.370. The molecule has 1 aliphatic rings. The standard InChI is InChI=1S/C27H28ClFN6O3/c1-26(2,3)16-12-19(15-7-8-17(28)18(29)11-15)31-20-13-21(38-23(16)20)24(36)35-10-9-34(25(37)27(35,4)5)22-14-30-33(6)32-22/h7-8,11-14H,9-10H2,1-6H3. The van der Waals surface area contributed by atoms with Crippen LogP contribution in [-0.2, 0) is 17.3 Å². The number of anilines is 1. The molecule has 38 heavy (non-hydrogen) atoms.